The molecule has 158 valence electrons. The monoisotopic (exact) mass is 384 g/mol. The predicted molar refractivity (Wildman–Crippen MR) is 109 cm³/mol. The molecule has 2 rings (SSSR count). The van der Waals surface area contributed by atoms with Gasteiger partial charge in [0, 0.05) is 60.2 Å². The Morgan fingerprint density at radius 2 is 1.85 bits per heavy atom. The van der Waals surface area contributed by atoms with E-state index in [2.05, 4.69) is 20.5 Å². The minimum Gasteiger partial charge on any atom is -0.383 e. The molecular formula is C20H40N4O3. The lowest BCUT2D eigenvalue weighted by molar-refractivity contribution is 0.0203. The first-order chi connectivity index (χ1) is 13.3. The van der Waals surface area contributed by atoms with Crippen LogP contribution in [0.5, 0.6) is 0 Å². The molecule has 7 nitrogen and oxygen atoms in total. The quantitative estimate of drug-likeness (QED) is 0.318. The number of likely N-dealkylation sites (tertiary alicyclic amines) is 1. The van der Waals surface area contributed by atoms with E-state index in [0.29, 0.717) is 5.92 Å². The second kappa shape index (κ2) is 14.2. The number of ether oxygens (including phenoxy) is 3. The lowest BCUT2D eigenvalue weighted by atomic mass is 9.97. The van der Waals surface area contributed by atoms with Gasteiger partial charge < -0.3 is 29.7 Å². The standard InChI is InChI=1S/C20H40N4O3/c1-21-20(22-8-3-12-27-17-19-6-13-26-14-7-19)23-16-18-4-9-24(10-5-18)11-15-25-2/h18-19H,3-17H2,1-2H3,(H2,21,22,23). The van der Waals surface area contributed by atoms with Gasteiger partial charge in [-0.2, -0.15) is 0 Å². The van der Waals surface area contributed by atoms with Gasteiger partial charge in [0.2, 0.25) is 0 Å². The van der Waals surface area contributed by atoms with E-state index in [0.717, 1.165) is 83.8 Å². The molecule has 2 heterocycles. The smallest absolute Gasteiger partial charge is 0.190 e. The third kappa shape index (κ3) is 9.74. The summed E-state index contributed by atoms with van der Waals surface area (Å²) in [5, 5.41) is 6.88. The molecule has 0 amide bonds. The summed E-state index contributed by atoms with van der Waals surface area (Å²) < 4.78 is 16.4. The molecule has 0 aromatic heterocycles. The summed E-state index contributed by atoms with van der Waals surface area (Å²) in [6.45, 7) is 9.59. The van der Waals surface area contributed by atoms with Crippen molar-refractivity contribution >= 4 is 5.96 Å². The molecule has 2 N–H and O–H groups in total. The maximum Gasteiger partial charge on any atom is 0.190 e. The van der Waals surface area contributed by atoms with Gasteiger partial charge in [0.1, 0.15) is 0 Å². The van der Waals surface area contributed by atoms with Crippen LogP contribution in [0.1, 0.15) is 32.1 Å². The van der Waals surface area contributed by atoms with Gasteiger partial charge in [-0.3, -0.25) is 4.99 Å². The van der Waals surface area contributed by atoms with Crippen molar-refractivity contribution in [3.05, 3.63) is 0 Å². The van der Waals surface area contributed by atoms with Crippen LogP contribution in [0.15, 0.2) is 4.99 Å². The molecular weight excluding hydrogens is 344 g/mol. The van der Waals surface area contributed by atoms with Crippen molar-refractivity contribution in [1.29, 1.82) is 0 Å². The molecule has 27 heavy (non-hydrogen) atoms. The minimum absolute atomic E-state index is 0.682. The minimum atomic E-state index is 0.682. The summed E-state index contributed by atoms with van der Waals surface area (Å²) in [6, 6.07) is 0. The van der Waals surface area contributed by atoms with Gasteiger partial charge in [0.15, 0.2) is 5.96 Å². The fraction of sp³-hybridized carbons (Fsp3) is 0.950. The highest BCUT2D eigenvalue weighted by Crippen LogP contribution is 2.16. The lowest BCUT2D eigenvalue weighted by Crippen LogP contribution is -2.43. The van der Waals surface area contributed by atoms with Crippen LogP contribution in [-0.2, 0) is 14.2 Å². The second-order valence-electron chi connectivity index (χ2n) is 7.64. The van der Waals surface area contributed by atoms with E-state index >= 15 is 0 Å². The third-order valence-electron chi connectivity index (χ3n) is 5.55. The highest BCUT2D eigenvalue weighted by molar-refractivity contribution is 5.79. The zero-order valence-corrected chi connectivity index (χ0v) is 17.4. The number of rotatable bonds is 11. The molecule has 0 radical (unpaired) electrons. The van der Waals surface area contributed by atoms with Gasteiger partial charge >= 0.3 is 0 Å². The fourth-order valence-corrected chi connectivity index (χ4v) is 3.64. The van der Waals surface area contributed by atoms with Gasteiger partial charge in [-0.25, -0.2) is 0 Å². The van der Waals surface area contributed by atoms with Gasteiger partial charge in [-0.05, 0) is 57.0 Å². The van der Waals surface area contributed by atoms with Crippen molar-refractivity contribution in [3.63, 3.8) is 0 Å². The summed E-state index contributed by atoms with van der Waals surface area (Å²) in [4.78, 5) is 6.83. The Morgan fingerprint density at radius 1 is 1.07 bits per heavy atom. The highest BCUT2D eigenvalue weighted by Gasteiger charge is 2.19. The van der Waals surface area contributed by atoms with Crippen LogP contribution in [-0.4, -0.2) is 90.8 Å². The van der Waals surface area contributed by atoms with E-state index in [9.17, 15) is 0 Å². The van der Waals surface area contributed by atoms with Crippen LogP contribution in [0.25, 0.3) is 0 Å². The maximum atomic E-state index is 5.81. The van der Waals surface area contributed by atoms with Crippen molar-refractivity contribution in [2.24, 2.45) is 16.8 Å². The number of hydrogen-bond acceptors (Lipinski definition) is 5. The van der Waals surface area contributed by atoms with Gasteiger partial charge in [0.05, 0.1) is 6.61 Å². The van der Waals surface area contributed by atoms with Gasteiger partial charge in [0.25, 0.3) is 0 Å². The van der Waals surface area contributed by atoms with E-state index in [1.807, 2.05) is 7.05 Å². The van der Waals surface area contributed by atoms with E-state index in [4.69, 9.17) is 14.2 Å². The van der Waals surface area contributed by atoms with E-state index < -0.39 is 0 Å². The number of nitrogens with one attached hydrogen (secondary N) is 2. The van der Waals surface area contributed by atoms with Crippen LogP contribution in [0.3, 0.4) is 0 Å². The second-order valence-corrected chi connectivity index (χ2v) is 7.64. The molecule has 0 saturated carbocycles. The Hall–Kier alpha value is -0.890. The summed E-state index contributed by atoms with van der Waals surface area (Å²) in [6.07, 6.45) is 5.77. The van der Waals surface area contributed by atoms with Crippen molar-refractivity contribution in [2.45, 2.75) is 32.1 Å². The first kappa shape index (κ1) is 22.4. The zero-order chi connectivity index (χ0) is 19.2. The Kier molecular flexibility index (Phi) is 11.7. The zero-order valence-electron chi connectivity index (χ0n) is 17.4. The average Bonchev–Trinajstić information content (AvgIpc) is 2.72. The van der Waals surface area contributed by atoms with Crippen LogP contribution < -0.4 is 10.6 Å². The Bertz CT molecular complexity index is 395. The summed E-state index contributed by atoms with van der Waals surface area (Å²) in [5.74, 6) is 2.31. The number of nitrogens with zero attached hydrogens (tertiary/aromatic N) is 2. The number of methoxy groups -OCH3 is 1. The van der Waals surface area contributed by atoms with Crippen LogP contribution in [0.2, 0.25) is 0 Å². The van der Waals surface area contributed by atoms with Crippen molar-refractivity contribution in [2.75, 3.05) is 79.9 Å². The number of aliphatic imine (C=N–C) groups is 1. The fourth-order valence-electron chi connectivity index (χ4n) is 3.64. The molecule has 0 aromatic carbocycles. The van der Waals surface area contributed by atoms with Crippen LogP contribution >= 0.6 is 0 Å². The molecule has 0 atom stereocenters. The van der Waals surface area contributed by atoms with E-state index in [1.165, 1.54) is 25.9 Å². The summed E-state index contributed by atoms with van der Waals surface area (Å²) >= 11 is 0. The van der Waals surface area contributed by atoms with Crippen molar-refractivity contribution in [1.82, 2.24) is 15.5 Å². The molecule has 0 bridgehead atoms. The number of guanidine groups is 1. The SMILES string of the molecule is CN=C(NCCCOCC1CCOCC1)NCC1CCN(CCOC)CC1. The van der Waals surface area contributed by atoms with Gasteiger partial charge in [-0.1, -0.05) is 0 Å². The van der Waals surface area contributed by atoms with E-state index in [1.54, 1.807) is 7.11 Å². The number of hydrogen-bond donors (Lipinski definition) is 2. The Labute approximate surface area is 165 Å². The van der Waals surface area contributed by atoms with Crippen molar-refractivity contribution < 1.29 is 14.2 Å². The molecule has 2 aliphatic rings. The summed E-state index contributed by atoms with van der Waals surface area (Å²) in [5.41, 5.74) is 0. The largest absolute Gasteiger partial charge is 0.383 e. The topological polar surface area (TPSA) is 67.4 Å². The Morgan fingerprint density at radius 3 is 2.56 bits per heavy atom. The molecule has 0 aromatic rings. The number of piperidine rings is 1. The molecule has 2 aliphatic heterocycles. The molecule has 7 heteroatoms. The van der Waals surface area contributed by atoms with Crippen molar-refractivity contribution in [3.8, 4) is 0 Å². The first-order valence-corrected chi connectivity index (χ1v) is 10.6. The predicted octanol–water partition coefficient (Wildman–Crippen LogP) is 1.34. The summed E-state index contributed by atoms with van der Waals surface area (Å²) in [7, 11) is 3.61. The molecule has 0 unspecified atom stereocenters. The van der Waals surface area contributed by atoms with E-state index in [-0.39, 0.29) is 0 Å². The molecule has 0 aliphatic carbocycles. The third-order valence-corrected chi connectivity index (χ3v) is 5.55. The van der Waals surface area contributed by atoms with Crippen LogP contribution in [0, 0.1) is 11.8 Å². The Balaban J connectivity index is 1.46. The molecule has 2 saturated heterocycles. The normalized spacial score (nSPS) is 20.7. The lowest BCUT2D eigenvalue weighted by Gasteiger charge is -2.32. The maximum absolute atomic E-state index is 5.81. The van der Waals surface area contributed by atoms with Gasteiger partial charge in [-0.15, -0.1) is 0 Å². The molecule has 2 fully saturated rings. The van der Waals surface area contributed by atoms with Crippen LogP contribution in [0.4, 0.5) is 0 Å². The highest BCUT2D eigenvalue weighted by atomic mass is 16.5. The first-order valence-electron chi connectivity index (χ1n) is 10.6. The average molecular weight is 385 g/mol. The molecule has 0 spiro atoms.